The lowest BCUT2D eigenvalue weighted by atomic mass is 10.2. The predicted molar refractivity (Wildman–Crippen MR) is 114 cm³/mol. The number of hydrogen-bond donors (Lipinski definition) is 1. The molecule has 0 fully saturated rings. The van der Waals surface area contributed by atoms with Gasteiger partial charge in [0.25, 0.3) is 0 Å². The highest BCUT2D eigenvalue weighted by Crippen LogP contribution is 2.34. The van der Waals surface area contributed by atoms with E-state index in [9.17, 15) is 4.79 Å². The maximum atomic E-state index is 12.8. The van der Waals surface area contributed by atoms with Crippen LogP contribution in [-0.2, 0) is 11.3 Å². The Hall–Kier alpha value is -3.32. The fourth-order valence-electron chi connectivity index (χ4n) is 3.40. The number of fused-ring (bicyclic) bond motifs is 2. The number of nitrogens with one attached hydrogen (secondary N) is 1. The summed E-state index contributed by atoms with van der Waals surface area (Å²) in [5.74, 6) is 1.91. The number of amides is 1. The van der Waals surface area contributed by atoms with Crippen molar-refractivity contribution < 1.29 is 14.3 Å². The van der Waals surface area contributed by atoms with E-state index in [0.717, 1.165) is 26.9 Å². The number of nitrogens with zero attached hydrogens (tertiary/aromatic N) is 2. The number of benzene rings is 3. The molecule has 1 N–H and O–H groups in total. The number of para-hydroxylation sites is 2. The van der Waals surface area contributed by atoms with Crippen molar-refractivity contribution in [1.29, 1.82) is 0 Å². The molecule has 0 radical (unpaired) electrons. The Balaban J connectivity index is 1.47. The highest BCUT2D eigenvalue weighted by Gasteiger charge is 2.17. The molecule has 1 amide bonds. The molecule has 0 atom stereocenters. The Labute approximate surface area is 175 Å². The van der Waals surface area contributed by atoms with E-state index < -0.39 is 0 Å². The molecule has 29 heavy (non-hydrogen) atoms. The molecule has 0 saturated carbocycles. The minimum absolute atomic E-state index is 0.136. The summed E-state index contributed by atoms with van der Waals surface area (Å²) >= 11 is 3.51. The third-order valence-electron chi connectivity index (χ3n) is 4.70. The van der Waals surface area contributed by atoms with Crippen LogP contribution in [0.5, 0.6) is 11.5 Å². The fourth-order valence-corrected chi connectivity index (χ4v) is 3.80. The number of anilines is 1. The second-order valence-electron chi connectivity index (χ2n) is 6.64. The second-order valence-corrected chi connectivity index (χ2v) is 7.55. The first-order valence-corrected chi connectivity index (χ1v) is 9.87. The standard InChI is InChI=1S/C22H16BrN3O3/c23-15-5-3-4-14(10-15)22-25-17-6-1-2-7-18(17)26(22)12-21(27)24-16-8-9-19-20(11-16)29-13-28-19/h1-11H,12-13H2,(H,24,27). The molecule has 1 aromatic heterocycles. The van der Waals surface area contributed by atoms with Crippen molar-refractivity contribution in [2.24, 2.45) is 0 Å². The monoisotopic (exact) mass is 449 g/mol. The molecule has 0 spiro atoms. The van der Waals surface area contributed by atoms with E-state index in [1.54, 1.807) is 18.2 Å². The molecule has 0 aliphatic carbocycles. The number of imidazole rings is 1. The molecule has 5 rings (SSSR count). The summed E-state index contributed by atoms with van der Waals surface area (Å²) in [7, 11) is 0. The van der Waals surface area contributed by atoms with Gasteiger partial charge in [-0.25, -0.2) is 4.98 Å². The van der Waals surface area contributed by atoms with Gasteiger partial charge in [0.05, 0.1) is 11.0 Å². The molecule has 1 aliphatic rings. The number of ether oxygens (including phenoxy) is 2. The number of halogens is 1. The number of aromatic nitrogens is 2. The third kappa shape index (κ3) is 3.45. The van der Waals surface area contributed by atoms with E-state index in [-0.39, 0.29) is 19.2 Å². The summed E-state index contributed by atoms with van der Waals surface area (Å²) in [5, 5.41) is 2.93. The highest BCUT2D eigenvalue weighted by atomic mass is 79.9. The summed E-state index contributed by atoms with van der Waals surface area (Å²) in [6.07, 6.45) is 0. The van der Waals surface area contributed by atoms with Gasteiger partial charge >= 0.3 is 0 Å². The van der Waals surface area contributed by atoms with Crippen molar-refractivity contribution in [1.82, 2.24) is 9.55 Å². The molecule has 0 unspecified atom stereocenters. The Morgan fingerprint density at radius 2 is 1.90 bits per heavy atom. The molecule has 144 valence electrons. The van der Waals surface area contributed by atoms with Crippen LogP contribution in [0.15, 0.2) is 71.2 Å². The first-order valence-electron chi connectivity index (χ1n) is 9.08. The Kier molecular flexibility index (Phi) is 4.44. The predicted octanol–water partition coefficient (Wildman–Crippen LogP) is 4.83. The van der Waals surface area contributed by atoms with Crippen LogP contribution in [0.25, 0.3) is 22.4 Å². The van der Waals surface area contributed by atoms with Gasteiger partial charge in [-0.2, -0.15) is 0 Å². The number of hydrogen-bond acceptors (Lipinski definition) is 4. The lowest BCUT2D eigenvalue weighted by Gasteiger charge is -2.11. The lowest BCUT2D eigenvalue weighted by Crippen LogP contribution is -2.19. The van der Waals surface area contributed by atoms with Gasteiger partial charge in [-0.05, 0) is 36.4 Å². The zero-order valence-corrected chi connectivity index (χ0v) is 16.8. The van der Waals surface area contributed by atoms with Crippen LogP contribution in [0.3, 0.4) is 0 Å². The Bertz CT molecular complexity index is 1240. The molecular weight excluding hydrogens is 434 g/mol. The van der Waals surface area contributed by atoms with Gasteiger partial charge in [-0.15, -0.1) is 0 Å². The Morgan fingerprint density at radius 3 is 2.79 bits per heavy atom. The molecule has 4 aromatic rings. The smallest absolute Gasteiger partial charge is 0.244 e. The van der Waals surface area contributed by atoms with Gasteiger partial charge in [-0.1, -0.05) is 40.2 Å². The van der Waals surface area contributed by atoms with Crippen molar-refractivity contribution in [2.45, 2.75) is 6.54 Å². The van der Waals surface area contributed by atoms with E-state index in [0.29, 0.717) is 17.2 Å². The molecule has 6 nitrogen and oxygen atoms in total. The minimum atomic E-state index is -0.150. The number of carbonyl (C=O) groups excluding carboxylic acids is 1. The number of rotatable bonds is 4. The molecule has 3 aromatic carbocycles. The second kappa shape index (κ2) is 7.25. The first-order chi connectivity index (χ1) is 14.2. The number of carbonyl (C=O) groups is 1. The van der Waals surface area contributed by atoms with Crippen molar-refractivity contribution in [3.8, 4) is 22.9 Å². The molecule has 0 bridgehead atoms. The van der Waals surface area contributed by atoms with Gasteiger partial charge in [0.2, 0.25) is 12.7 Å². The molecule has 2 heterocycles. The Morgan fingerprint density at radius 1 is 1.03 bits per heavy atom. The summed E-state index contributed by atoms with van der Waals surface area (Å²) < 4.78 is 13.6. The minimum Gasteiger partial charge on any atom is -0.454 e. The van der Waals surface area contributed by atoms with E-state index in [1.165, 1.54) is 0 Å². The van der Waals surface area contributed by atoms with Gasteiger partial charge < -0.3 is 19.4 Å². The quantitative estimate of drug-likeness (QED) is 0.484. The normalized spacial score (nSPS) is 12.3. The molecule has 7 heteroatoms. The van der Waals surface area contributed by atoms with Crippen LogP contribution in [-0.4, -0.2) is 22.3 Å². The average molecular weight is 450 g/mol. The van der Waals surface area contributed by atoms with Crippen LogP contribution in [0.1, 0.15) is 0 Å². The summed E-state index contributed by atoms with van der Waals surface area (Å²) in [6.45, 7) is 0.334. The van der Waals surface area contributed by atoms with Crippen molar-refractivity contribution in [3.05, 3.63) is 71.2 Å². The zero-order valence-electron chi connectivity index (χ0n) is 15.3. The first kappa shape index (κ1) is 17.8. The van der Waals surface area contributed by atoms with Crippen LogP contribution in [0.2, 0.25) is 0 Å². The fraction of sp³-hybridized carbons (Fsp3) is 0.0909. The summed E-state index contributed by atoms with van der Waals surface area (Å²) in [6, 6.07) is 21.1. The zero-order chi connectivity index (χ0) is 19.8. The van der Waals surface area contributed by atoms with E-state index in [4.69, 9.17) is 14.5 Å². The SMILES string of the molecule is O=C(Cn1c(-c2cccc(Br)c2)nc2ccccc21)Nc1ccc2c(c1)OCO2. The largest absolute Gasteiger partial charge is 0.454 e. The molecule has 0 saturated heterocycles. The topological polar surface area (TPSA) is 65.4 Å². The van der Waals surface area contributed by atoms with Crippen LogP contribution in [0.4, 0.5) is 5.69 Å². The maximum absolute atomic E-state index is 12.8. The lowest BCUT2D eigenvalue weighted by molar-refractivity contribution is -0.116. The average Bonchev–Trinajstić information content (AvgIpc) is 3.32. The summed E-state index contributed by atoms with van der Waals surface area (Å²) in [5.41, 5.74) is 3.35. The van der Waals surface area contributed by atoms with E-state index in [2.05, 4.69) is 21.2 Å². The maximum Gasteiger partial charge on any atom is 0.244 e. The molecule has 1 aliphatic heterocycles. The van der Waals surface area contributed by atoms with E-state index in [1.807, 2.05) is 53.1 Å². The van der Waals surface area contributed by atoms with Crippen LogP contribution >= 0.6 is 15.9 Å². The van der Waals surface area contributed by atoms with Crippen molar-refractivity contribution in [3.63, 3.8) is 0 Å². The van der Waals surface area contributed by atoms with Crippen LogP contribution in [0, 0.1) is 0 Å². The third-order valence-corrected chi connectivity index (χ3v) is 5.19. The van der Waals surface area contributed by atoms with Crippen molar-refractivity contribution >= 4 is 38.6 Å². The van der Waals surface area contributed by atoms with Gasteiger partial charge in [0, 0.05) is 21.8 Å². The van der Waals surface area contributed by atoms with E-state index >= 15 is 0 Å². The van der Waals surface area contributed by atoms with Crippen molar-refractivity contribution in [2.75, 3.05) is 12.1 Å². The molecular formula is C22H16BrN3O3. The van der Waals surface area contributed by atoms with Gasteiger partial charge in [0.1, 0.15) is 12.4 Å². The summed E-state index contributed by atoms with van der Waals surface area (Å²) in [4.78, 5) is 17.6. The highest BCUT2D eigenvalue weighted by molar-refractivity contribution is 9.10. The van der Waals surface area contributed by atoms with Gasteiger partial charge in [0.15, 0.2) is 11.5 Å². The van der Waals surface area contributed by atoms with Gasteiger partial charge in [-0.3, -0.25) is 4.79 Å². The van der Waals surface area contributed by atoms with Crippen LogP contribution < -0.4 is 14.8 Å².